The van der Waals surface area contributed by atoms with Gasteiger partial charge in [-0.25, -0.2) is 4.98 Å². The molecule has 0 bridgehead atoms. The Morgan fingerprint density at radius 1 is 1.05 bits per heavy atom. The van der Waals surface area contributed by atoms with E-state index in [1.165, 1.54) is 0 Å². The van der Waals surface area contributed by atoms with E-state index in [4.69, 9.17) is 0 Å². The first-order valence-corrected chi connectivity index (χ1v) is 5.94. The minimum atomic E-state index is -0.0919. The lowest BCUT2D eigenvalue weighted by Crippen LogP contribution is -2.13. The van der Waals surface area contributed by atoms with E-state index in [0.717, 1.165) is 17.1 Å². The van der Waals surface area contributed by atoms with Crippen LogP contribution in [-0.2, 0) is 6.42 Å². The number of aromatic amines is 2. The Kier molecular flexibility index (Phi) is 2.94. The maximum atomic E-state index is 12.0. The quantitative estimate of drug-likeness (QED) is 0.745. The zero-order valence-electron chi connectivity index (χ0n) is 10.1. The van der Waals surface area contributed by atoms with Crippen LogP contribution in [0.1, 0.15) is 11.4 Å². The van der Waals surface area contributed by atoms with E-state index in [1.807, 2.05) is 24.3 Å². The minimum Gasteiger partial charge on any atom is -0.348 e. The highest BCUT2D eigenvalue weighted by atomic mass is 16.1. The summed E-state index contributed by atoms with van der Waals surface area (Å²) in [4.78, 5) is 26.0. The van der Waals surface area contributed by atoms with Gasteiger partial charge in [0.2, 0.25) is 0 Å². The molecule has 0 aliphatic carbocycles. The highest BCUT2D eigenvalue weighted by Gasteiger charge is 2.05. The molecule has 0 radical (unpaired) electrons. The van der Waals surface area contributed by atoms with Crippen LogP contribution in [0.2, 0.25) is 0 Å². The highest BCUT2D eigenvalue weighted by Crippen LogP contribution is 2.14. The Hall–Kier alpha value is -2.69. The summed E-state index contributed by atoms with van der Waals surface area (Å²) < 4.78 is 0. The molecule has 0 saturated heterocycles. The van der Waals surface area contributed by atoms with Crippen LogP contribution in [-0.4, -0.2) is 19.9 Å². The first-order chi connectivity index (χ1) is 9.33. The molecule has 19 heavy (non-hydrogen) atoms. The number of aromatic nitrogens is 4. The molecule has 0 aromatic carbocycles. The Labute approximate surface area is 109 Å². The maximum Gasteiger partial charge on any atom is 0.252 e. The first-order valence-electron chi connectivity index (χ1n) is 5.94. The Morgan fingerprint density at radius 2 is 1.89 bits per heavy atom. The average molecular weight is 252 g/mol. The van der Waals surface area contributed by atoms with Crippen LogP contribution in [0.3, 0.4) is 0 Å². The highest BCUT2D eigenvalue weighted by molar-refractivity contribution is 5.57. The zero-order chi connectivity index (χ0) is 13.1. The van der Waals surface area contributed by atoms with E-state index in [0.29, 0.717) is 12.0 Å². The fourth-order valence-corrected chi connectivity index (χ4v) is 1.92. The van der Waals surface area contributed by atoms with Crippen LogP contribution in [0.15, 0.2) is 53.8 Å². The van der Waals surface area contributed by atoms with Crippen LogP contribution < -0.4 is 5.56 Å². The van der Waals surface area contributed by atoms with Gasteiger partial charge in [0.15, 0.2) is 0 Å². The fraction of sp³-hybridized carbons (Fsp3) is 0.0714. The molecule has 0 fully saturated rings. The Bertz CT molecular complexity index is 717. The molecule has 0 amide bonds. The summed E-state index contributed by atoms with van der Waals surface area (Å²) in [5, 5.41) is 0. The molecule has 0 unspecified atom stereocenters. The number of rotatable bonds is 3. The molecule has 2 N–H and O–H groups in total. The molecule has 0 atom stereocenters. The van der Waals surface area contributed by atoms with E-state index in [9.17, 15) is 4.79 Å². The topological polar surface area (TPSA) is 74.4 Å². The molecule has 0 aliphatic heterocycles. The van der Waals surface area contributed by atoms with Crippen molar-refractivity contribution in [2.24, 2.45) is 0 Å². The van der Waals surface area contributed by atoms with Gasteiger partial charge in [0.1, 0.15) is 5.82 Å². The molecule has 0 spiro atoms. The van der Waals surface area contributed by atoms with Gasteiger partial charge in [0.25, 0.3) is 5.56 Å². The van der Waals surface area contributed by atoms with Crippen LogP contribution in [0.25, 0.3) is 11.3 Å². The van der Waals surface area contributed by atoms with Crippen LogP contribution in [0.5, 0.6) is 0 Å². The molecular weight excluding hydrogens is 240 g/mol. The summed E-state index contributed by atoms with van der Waals surface area (Å²) in [7, 11) is 0. The fourth-order valence-electron chi connectivity index (χ4n) is 1.92. The van der Waals surface area contributed by atoms with Gasteiger partial charge in [-0.15, -0.1) is 0 Å². The Balaban J connectivity index is 1.92. The summed E-state index contributed by atoms with van der Waals surface area (Å²) in [6.07, 6.45) is 7.32. The van der Waals surface area contributed by atoms with Crippen molar-refractivity contribution in [1.29, 1.82) is 0 Å². The van der Waals surface area contributed by atoms with Crippen molar-refractivity contribution in [3.8, 4) is 11.3 Å². The molecular formula is C14H12N4O. The molecule has 3 heterocycles. The molecule has 3 aromatic rings. The molecule has 94 valence electrons. The van der Waals surface area contributed by atoms with Crippen molar-refractivity contribution in [3.05, 3.63) is 70.8 Å². The number of pyridine rings is 2. The third-order valence-electron chi connectivity index (χ3n) is 2.90. The minimum absolute atomic E-state index is 0.0919. The average Bonchev–Trinajstić information content (AvgIpc) is 2.95. The number of hydrogen-bond donors (Lipinski definition) is 2. The lowest BCUT2D eigenvalue weighted by molar-refractivity contribution is 0.996. The lowest BCUT2D eigenvalue weighted by atomic mass is 10.1. The summed E-state index contributed by atoms with van der Waals surface area (Å²) >= 11 is 0. The molecule has 0 aliphatic rings. The molecule has 5 nitrogen and oxygen atoms in total. The second-order valence-electron chi connectivity index (χ2n) is 4.17. The molecule has 0 saturated carbocycles. The van der Waals surface area contributed by atoms with Crippen molar-refractivity contribution >= 4 is 0 Å². The van der Waals surface area contributed by atoms with Gasteiger partial charge < -0.3 is 9.97 Å². The van der Waals surface area contributed by atoms with E-state index in [1.54, 1.807) is 24.8 Å². The van der Waals surface area contributed by atoms with E-state index in [-0.39, 0.29) is 5.56 Å². The van der Waals surface area contributed by atoms with E-state index < -0.39 is 0 Å². The van der Waals surface area contributed by atoms with Gasteiger partial charge in [-0.2, -0.15) is 0 Å². The number of imidazole rings is 1. The predicted octanol–water partition coefficient (Wildman–Crippen LogP) is 1.75. The second kappa shape index (κ2) is 4.89. The first kappa shape index (κ1) is 11.4. The SMILES string of the molecule is O=c1[nH]c(-c2ccncc2)ccc1Cc1ncc[nH]1. The van der Waals surface area contributed by atoms with Gasteiger partial charge in [0, 0.05) is 48.0 Å². The number of nitrogens with zero attached hydrogens (tertiary/aromatic N) is 2. The van der Waals surface area contributed by atoms with Gasteiger partial charge in [-0.1, -0.05) is 6.07 Å². The number of hydrogen-bond acceptors (Lipinski definition) is 3. The van der Waals surface area contributed by atoms with Crippen LogP contribution in [0, 0.1) is 0 Å². The Morgan fingerprint density at radius 3 is 2.58 bits per heavy atom. The second-order valence-corrected chi connectivity index (χ2v) is 4.17. The van der Waals surface area contributed by atoms with Crippen molar-refractivity contribution in [2.75, 3.05) is 0 Å². The molecule has 3 rings (SSSR count). The standard InChI is InChI=1S/C14H12N4O/c19-14-11(9-13-16-7-8-17-13)1-2-12(18-14)10-3-5-15-6-4-10/h1-8H,9H2,(H,16,17)(H,18,19). The van der Waals surface area contributed by atoms with Gasteiger partial charge >= 0.3 is 0 Å². The summed E-state index contributed by atoms with van der Waals surface area (Å²) in [5.41, 5.74) is 2.32. The molecule has 5 heteroatoms. The summed E-state index contributed by atoms with van der Waals surface area (Å²) in [6.45, 7) is 0. The van der Waals surface area contributed by atoms with Crippen molar-refractivity contribution in [2.45, 2.75) is 6.42 Å². The van der Waals surface area contributed by atoms with Crippen molar-refractivity contribution in [3.63, 3.8) is 0 Å². The summed E-state index contributed by atoms with van der Waals surface area (Å²) in [5.74, 6) is 0.780. The smallest absolute Gasteiger partial charge is 0.252 e. The van der Waals surface area contributed by atoms with Gasteiger partial charge in [0.05, 0.1) is 0 Å². The number of H-pyrrole nitrogens is 2. The van der Waals surface area contributed by atoms with Crippen molar-refractivity contribution in [1.82, 2.24) is 19.9 Å². The normalized spacial score (nSPS) is 10.5. The van der Waals surface area contributed by atoms with Crippen LogP contribution in [0.4, 0.5) is 0 Å². The molecule has 3 aromatic heterocycles. The summed E-state index contributed by atoms with van der Waals surface area (Å²) in [6, 6.07) is 7.45. The van der Waals surface area contributed by atoms with Crippen molar-refractivity contribution < 1.29 is 0 Å². The van der Waals surface area contributed by atoms with Gasteiger partial charge in [-0.3, -0.25) is 9.78 Å². The largest absolute Gasteiger partial charge is 0.348 e. The third kappa shape index (κ3) is 2.44. The maximum absolute atomic E-state index is 12.0. The van der Waals surface area contributed by atoms with E-state index in [2.05, 4.69) is 19.9 Å². The predicted molar refractivity (Wildman–Crippen MR) is 71.7 cm³/mol. The third-order valence-corrected chi connectivity index (χ3v) is 2.90. The van der Waals surface area contributed by atoms with E-state index >= 15 is 0 Å². The van der Waals surface area contributed by atoms with Crippen LogP contribution >= 0.6 is 0 Å². The zero-order valence-corrected chi connectivity index (χ0v) is 10.1. The number of nitrogens with one attached hydrogen (secondary N) is 2. The lowest BCUT2D eigenvalue weighted by Gasteiger charge is -2.03. The van der Waals surface area contributed by atoms with Gasteiger partial charge in [-0.05, 0) is 18.2 Å². The monoisotopic (exact) mass is 252 g/mol.